The van der Waals surface area contributed by atoms with E-state index in [2.05, 4.69) is 6.08 Å². The van der Waals surface area contributed by atoms with Crippen LogP contribution in [0.1, 0.15) is 19.3 Å². The molecule has 0 aromatic carbocycles. The molecule has 0 bridgehead atoms. The SMILES string of the molecule is O[C@@H]1CC=CCC1. The molecule has 0 aromatic heterocycles. The molecule has 0 saturated heterocycles. The Hall–Kier alpha value is -0.300. The highest BCUT2D eigenvalue weighted by atomic mass is 16.3. The lowest BCUT2D eigenvalue weighted by molar-refractivity contribution is 0.164. The van der Waals surface area contributed by atoms with Gasteiger partial charge in [0.2, 0.25) is 0 Å². The van der Waals surface area contributed by atoms with Crippen LogP contribution in [0.5, 0.6) is 0 Å². The van der Waals surface area contributed by atoms with E-state index in [-0.39, 0.29) is 6.10 Å². The van der Waals surface area contributed by atoms with Crippen LogP contribution in [0, 0.1) is 0 Å². The first kappa shape index (κ1) is 4.85. The van der Waals surface area contributed by atoms with Crippen LogP contribution in [-0.4, -0.2) is 11.2 Å². The molecule has 1 aliphatic carbocycles. The Balaban J connectivity index is 2.32. The van der Waals surface area contributed by atoms with E-state index in [1.165, 1.54) is 0 Å². The summed E-state index contributed by atoms with van der Waals surface area (Å²) in [7, 11) is 0. The molecule has 1 atom stereocenters. The van der Waals surface area contributed by atoms with E-state index in [1.54, 1.807) is 0 Å². The van der Waals surface area contributed by atoms with Crippen molar-refractivity contribution in [2.75, 3.05) is 0 Å². The van der Waals surface area contributed by atoms with Crippen molar-refractivity contribution >= 4 is 0 Å². The van der Waals surface area contributed by atoms with Gasteiger partial charge in [-0.1, -0.05) is 12.2 Å². The molecule has 7 heavy (non-hydrogen) atoms. The number of aliphatic hydroxyl groups excluding tert-OH is 1. The summed E-state index contributed by atoms with van der Waals surface area (Å²) in [5.41, 5.74) is 0. The van der Waals surface area contributed by atoms with Gasteiger partial charge in [-0.15, -0.1) is 0 Å². The highest BCUT2D eigenvalue weighted by Crippen LogP contribution is 2.08. The smallest absolute Gasteiger partial charge is 0.0577 e. The quantitative estimate of drug-likeness (QED) is 0.449. The van der Waals surface area contributed by atoms with Crippen LogP contribution >= 0.6 is 0 Å². The fourth-order valence-corrected chi connectivity index (χ4v) is 0.778. The Labute approximate surface area is 43.7 Å². The molecule has 0 heterocycles. The summed E-state index contributed by atoms with van der Waals surface area (Å²) in [6.45, 7) is 0. The maximum atomic E-state index is 8.86. The fourth-order valence-electron chi connectivity index (χ4n) is 0.778. The molecule has 0 saturated carbocycles. The Morgan fingerprint density at radius 3 is 2.57 bits per heavy atom. The van der Waals surface area contributed by atoms with Crippen LogP contribution in [0.4, 0.5) is 0 Å². The van der Waals surface area contributed by atoms with Gasteiger partial charge in [-0.3, -0.25) is 0 Å². The fraction of sp³-hybridized carbons (Fsp3) is 0.667. The zero-order valence-corrected chi connectivity index (χ0v) is 4.30. The van der Waals surface area contributed by atoms with Crippen LogP contribution in [0.15, 0.2) is 12.2 Å². The van der Waals surface area contributed by atoms with Crippen molar-refractivity contribution in [1.82, 2.24) is 0 Å². The molecule has 0 aromatic rings. The summed E-state index contributed by atoms with van der Waals surface area (Å²) >= 11 is 0. The molecule has 1 nitrogen and oxygen atoms in total. The van der Waals surface area contributed by atoms with Gasteiger partial charge in [-0.2, -0.15) is 0 Å². The topological polar surface area (TPSA) is 20.2 Å². The lowest BCUT2D eigenvalue weighted by Crippen LogP contribution is -2.06. The van der Waals surface area contributed by atoms with Crippen molar-refractivity contribution in [2.45, 2.75) is 25.4 Å². The Morgan fingerprint density at radius 1 is 1.43 bits per heavy atom. The standard InChI is InChI=1S/C6H10O/c7-6-4-2-1-3-5-6/h1-2,6-7H,3-5H2/t6-/m1/s1. The van der Waals surface area contributed by atoms with E-state index in [4.69, 9.17) is 5.11 Å². The van der Waals surface area contributed by atoms with Gasteiger partial charge in [0.25, 0.3) is 0 Å². The van der Waals surface area contributed by atoms with Gasteiger partial charge in [0.05, 0.1) is 6.10 Å². The second kappa shape index (κ2) is 2.12. The van der Waals surface area contributed by atoms with Crippen LogP contribution in [0.25, 0.3) is 0 Å². The van der Waals surface area contributed by atoms with Crippen LogP contribution in [-0.2, 0) is 0 Å². The highest BCUT2D eigenvalue weighted by molar-refractivity contribution is 4.89. The second-order valence-corrected chi connectivity index (χ2v) is 1.94. The van der Waals surface area contributed by atoms with Gasteiger partial charge in [0.15, 0.2) is 0 Å². The zero-order chi connectivity index (χ0) is 5.11. The van der Waals surface area contributed by atoms with Gasteiger partial charge in [0, 0.05) is 0 Å². The van der Waals surface area contributed by atoms with Gasteiger partial charge in [0.1, 0.15) is 0 Å². The van der Waals surface area contributed by atoms with Crippen molar-refractivity contribution in [3.05, 3.63) is 12.2 Å². The summed E-state index contributed by atoms with van der Waals surface area (Å²) in [5.74, 6) is 0. The molecule has 1 rings (SSSR count). The second-order valence-electron chi connectivity index (χ2n) is 1.94. The van der Waals surface area contributed by atoms with Gasteiger partial charge < -0.3 is 5.11 Å². The number of aliphatic hydroxyl groups is 1. The predicted molar refractivity (Wildman–Crippen MR) is 29.0 cm³/mol. The first-order valence-electron chi connectivity index (χ1n) is 2.72. The minimum Gasteiger partial charge on any atom is -0.393 e. The van der Waals surface area contributed by atoms with Crippen molar-refractivity contribution in [1.29, 1.82) is 0 Å². The van der Waals surface area contributed by atoms with Crippen LogP contribution in [0.3, 0.4) is 0 Å². The molecular formula is C6H10O. The first-order valence-corrected chi connectivity index (χ1v) is 2.72. The average Bonchev–Trinajstić information content (AvgIpc) is 1.69. The Kier molecular flexibility index (Phi) is 1.47. The van der Waals surface area contributed by atoms with Crippen LogP contribution in [0.2, 0.25) is 0 Å². The molecule has 0 unspecified atom stereocenters. The summed E-state index contributed by atoms with van der Waals surface area (Å²) in [6, 6.07) is 0. The first-order chi connectivity index (χ1) is 3.39. The molecule has 0 fully saturated rings. The number of allylic oxidation sites excluding steroid dienone is 1. The predicted octanol–water partition coefficient (Wildman–Crippen LogP) is 1.09. The molecule has 0 radical (unpaired) electrons. The third-order valence-corrected chi connectivity index (χ3v) is 1.24. The maximum Gasteiger partial charge on any atom is 0.0577 e. The molecule has 1 aliphatic rings. The molecule has 40 valence electrons. The molecule has 0 spiro atoms. The van der Waals surface area contributed by atoms with Gasteiger partial charge in [-0.05, 0) is 19.3 Å². The highest BCUT2D eigenvalue weighted by Gasteiger charge is 2.02. The van der Waals surface area contributed by atoms with Crippen molar-refractivity contribution < 1.29 is 5.11 Å². The minimum absolute atomic E-state index is 0.0509. The number of hydrogen-bond acceptors (Lipinski definition) is 1. The normalized spacial score (nSPS) is 30.7. The summed E-state index contributed by atoms with van der Waals surface area (Å²) < 4.78 is 0. The van der Waals surface area contributed by atoms with Crippen molar-refractivity contribution in [3.63, 3.8) is 0 Å². The summed E-state index contributed by atoms with van der Waals surface area (Å²) in [6.07, 6.45) is 6.98. The maximum absolute atomic E-state index is 8.86. The lowest BCUT2D eigenvalue weighted by atomic mass is 10.1. The number of rotatable bonds is 0. The van der Waals surface area contributed by atoms with E-state index in [9.17, 15) is 0 Å². The third-order valence-electron chi connectivity index (χ3n) is 1.24. The largest absolute Gasteiger partial charge is 0.393 e. The van der Waals surface area contributed by atoms with E-state index in [0.717, 1.165) is 19.3 Å². The monoisotopic (exact) mass is 98.1 g/mol. The van der Waals surface area contributed by atoms with E-state index in [1.807, 2.05) is 6.08 Å². The lowest BCUT2D eigenvalue weighted by Gasteiger charge is -2.08. The third kappa shape index (κ3) is 1.32. The Morgan fingerprint density at radius 2 is 2.29 bits per heavy atom. The Bertz CT molecular complexity index is 76.2. The van der Waals surface area contributed by atoms with E-state index < -0.39 is 0 Å². The summed E-state index contributed by atoms with van der Waals surface area (Å²) in [5, 5.41) is 8.86. The minimum atomic E-state index is -0.0509. The molecule has 1 N–H and O–H groups in total. The molecule has 0 amide bonds. The van der Waals surface area contributed by atoms with Crippen molar-refractivity contribution in [3.8, 4) is 0 Å². The molecule has 1 heteroatoms. The van der Waals surface area contributed by atoms with Gasteiger partial charge >= 0.3 is 0 Å². The van der Waals surface area contributed by atoms with Crippen LogP contribution < -0.4 is 0 Å². The average molecular weight is 98.1 g/mol. The molecule has 0 aliphatic heterocycles. The van der Waals surface area contributed by atoms with E-state index >= 15 is 0 Å². The zero-order valence-electron chi connectivity index (χ0n) is 4.30. The van der Waals surface area contributed by atoms with E-state index in [0.29, 0.717) is 0 Å². The molecular weight excluding hydrogens is 88.1 g/mol. The van der Waals surface area contributed by atoms with Gasteiger partial charge in [-0.25, -0.2) is 0 Å². The number of hydrogen-bond donors (Lipinski definition) is 1. The van der Waals surface area contributed by atoms with Crippen molar-refractivity contribution in [2.24, 2.45) is 0 Å². The summed E-state index contributed by atoms with van der Waals surface area (Å²) in [4.78, 5) is 0.